The quantitative estimate of drug-likeness (QED) is 0.637. The van der Waals surface area contributed by atoms with Crippen molar-refractivity contribution >= 4 is 12.2 Å². The summed E-state index contributed by atoms with van der Waals surface area (Å²) >= 11 is 0. The highest BCUT2D eigenvalue weighted by atomic mass is 16.2. The highest BCUT2D eigenvalue weighted by Gasteiger charge is 1.96. The summed E-state index contributed by atoms with van der Waals surface area (Å²) in [7, 11) is 0. The van der Waals surface area contributed by atoms with Gasteiger partial charge in [0.25, 0.3) is 0 Å². The number of hydrogen-bond acceptors (Lipinski definition) is 2. The molecule has 0 saturated heterocycles. The fraction of sp³-hybridized carbons (Fsp3) is 0.0667. The molecule has 0 radical (unpaired) electrons. The van der Waals surface area contributed by atoms with Gasteiger partial charge in [-0.3, -0.25) is 0 Å². The van der Waals surface area contributed by atoms with E-state index in [9.17, 15) is 4.79 Å². The second-order valence-corrected chi connectivity index (χ2v) is 4.14. The molecule has 4 nitrogen and oxygen atoms in total. The van der Waals surface area contributed by atoms with E-state index in [4.69, 9.17) is 5.73 Å². The van der Waals surface area contributed by atoms with Crippen LogP contribution in [-0.2, 0) is 6.42 Å². The Bertz CT molecular complexity index is 562. The highest BCUT2D eigenvalue weighted by molar-refractivity contribution is 5.81. The summed E-state index contributed by atoms with van der Waals surface area (Å²) in [6.07, 6.45) is 2.45. The first kappa shape index (κ1) is 12.8. The predicted octanol–water partition coefficient (Wildman–Crippen LogP) is 2.28. The van der Waals surface area contributed by atoms with Crippen molar-refractivity contribution < 1.29 is 4.79 Å². The molecule has 0 aliphatic heterocycles. The molecule has 0 saturated carbocycles. The standard InChI is InChI=1S/C15H15N3O/c16-15(19)18-17-11-14-8-6-13(7-9-14)10-12-4-2-1-3-5-12/h1-9,11H,10H2,(H3,16,18,19). The number of nitrogens with two attached hydrogens (primary N) is 1. The number of urea groups is 1. The highest BCUT2D eigenvalue weighted by Crippen LogP contribution is 2.09. The molecule has 2 rings (SSSR count). The van der Waals surface area contributed by atoms with Gasteiger partial charge >= 0.3 is 6.03 Å². The topological polar surface area (TPSA) is 67.5 Å². The van der Waals surface area contributed by atoms with Gasteiger partial charge in [0, 0.05) is 0 Å². The van der Waals surface area contributed by atoms with E-state index in [1.54, 1.807) is 6.21 Å². The van der Waals surface area contributed by atoms with Crippen molar-refractivity contribution in [1.82, 2.24) is 5.43 Å². The third kappa shape index (κ3) is 4.27. The molecule has 19 heavy (non-hydrogen) atoms. The van der Waals surface area contributed by atoms with Crippen molar-refractivity contribution in [3.63, 3.8) is 0 Å². The van der Waals surface area contributed by atoms with Crippen LogP contribution in [0.2, 0.25) is 0 Å². The van der Waals surface area contributed by atoms with E-state index in [0.717, 1.165) is 12.0 Å². The number of benzene rings is 2. The Labute approximate surface area is 112 Å². The molecule has 0 fully saturated rings. The number of nitrogens with one attached hydrogen (secondary N) is 1. The van der Waals surface area contributed by atoms with Crippen molar-refractivity contribution in [3.05, 3.63) is 71.3 Å². The number of rotatable bonds is 4. The summed E-state index contributed by atoms with van der Waals surface area (Å²) < 4.78 is 0. The fourth-order valence-electron chi connectivity index (χ4n) is 1.72. The zero-order chi connectivity index (χ0) is 13.5. The number of hydrogen-bond donors (Lipinski definition) is 2. The van der Waals surface area contributed by atoms with Crippen LogP contribution in [-0.4, -0.2) is 12.2 Å². The van der Waals surface area contributed by atoms with Crippen molar-refractivity contribution in [2.75, 3.05) is 0 Å². The summed E-state index contributed by atoms with van der Waals surface area (Å²) in [6, 6.07) is 17.6. The van der Waals surface area contributed by atoms with E-state index in [1.165, 1.54) is 11.1 Å². The molecule has 2 amide bonds. The molecular weight excluding hydrogens is 238 g/mol. The Hall–Kier alpha value is -2.62. The largest absolute Gasteiger partial charge is 0.350 e. The molecule has 3 N–H and O–H groups in total. The number of primary amides is 1. The fourth-order valence-corrected chi connectivity index (χ4v) is 1.72. The first-order chi connectivity index (χ1) is 9.24. The van der Waals surface area contributed by atoms with Gasteiger partial charge in [-0.25, -0.2) is 10.2 Å². The van der Waals surface area contributed by atoms with Crippen LogP contribution in [0.5, 0.6) is 0 Å². The van der Waals surface area contributed by atoms with Gasteiger partial charge in [-0.2, -0.15) is 5.10 Å². The van der Waals surface area contributed by atoms with Crippen LogP contribution >= 0.6 is 0 Å². The molecule has 0 unspecified atom stereocenters. The van der Waals surface area contributed by atoms with Gasteiger partial charge in [0.1, 0.15) is 0 Å². The van der Waals surface area contributed by atoms with E-state index < -0.39 is 6.03 Å². The second-order valence-electron chi connectivity index (χ2n) is 4.14. The minimum absolute atomic E-state index is 0.669. The zero-order valence-corrected chi connectivity index (χ0v) is 10.4. The van der Waals surface area contributed by atoms with Crippen LogP contribution in [0.4, 0.5) is 4.79 Å². The normalized spacial score (nSPS) is 10.5. The van der Waals surface area contributed by atoms with Crippen molar-refractivity contribution in [2.24, 2.45) is 10.8 Å². The average Bonchev–Trinajstić information content (AvgIpc) is 2.42. The predicted molar refractivity (Wildman–Crippen MR) is 76.0 cm³/mol. The van der Waals surface area contributed by atoms with Crippen LogP contribution in [0.1, 0.15) is 16.7 Å². The van der Waals surface area contributed by atoms with E-state index in [0.29, 0.717) is 0 Å². The van der Waals surface area contributed by atoms with Crippen LogP contribution < -0.4 is 11.2 Å². The summed E-state index contributed by atoms with van der Waals surface area (Å²) in [5.74, 6) is 0. The number of carbonyl (C=O) groups excluding carboxylic acids is 1. The van der Waals surface area contributed by atoms with Gasteiger partial charge in [-0.05, 0) is 23.1 Å². The summed E-state index contributed by atoms with van der Waals surface area (Å²) in [5, 5.41) is 3.71. The lowest BCUT2D eigenvalue weighted by Crippen LogP contribution is -2.24. The molecule has 2 aromatic carbocycles. The van der Waals surface area contributed by atoms with E-state index >= 15 is 0 Å². The van der Waals surface area contributed by atoms with Crippen molar-refractivity contribution in [3.8, 4) is 0 Å². The van der Waals surface area contributed by atoms with Gasteiger partial charge < -0.3 is 5.73 Å². The molecule has 0 aliphatic carbocycles. The molecule has 4 heteroatoms. The minimum atomic E-state index is -0.669. The van der Waals surface area contributed by atoms with E-state index in [1.807, 2.05) is 42.5 Å². The lowest BCUT2D eigenvalue weighted by Gasteiger charge is -2.02. The molecule has 96 valence electrons. The smallest absolute Gasteiger partial charge is 0.332 e. The first-order valence-electron chi connectivity index (χ1n) is 5.95. The number of amides is 2. The van der Waals surface area contributed by atoms with Crippen molar-refractivity contribution in [2.45, 2.75) is 6.42 Å². The molecule has 0 atom stereocenters. The van der Waals surface area contributed by atoms with Gasteiger partial charge in [-0.1, -0.05) is 54.6 Å². The summed E-state index contributed by atoms with van der Waals surface area (Å²) in [6.45, 7) is 0. The Morgan fingerprint density at radius 2 is 1.68 bits per heavy atom. The third-order valence-corrected chi connectivity index (χ3v) is 2.62. The van der Waals surface area contributed by atoms with E-state index in [-0.39, 0.29) is 0 Å². The monoisotopic (exact) mass is 253 g/mol. The van der Waals surface area contributed by atoms with E-state index in [2.05, 4.69) is 22.7 Å². The Morgan fingerprint density at radius 1 is 1.05 bits per heavy atom. The Balaban J connectivity index is 1.98. The number of hydrazone groups is 1. The van der Waals surface area contributed by atoms with Crippen LogP contribution in [0.15, 0.2) is 59.7 Å². The van der Waals surface area contributed by atoms with Crippen LogP contribution in [0, 0.1) is 0 Å². The lowest BCUT2D eigenvalue weighted by atomic mass is 10.0. The molecular formula is C15H15N3O. The second kappa shape index (κ2) is 6.35. The number of carbonyl (C=O) groups is 1. The average molecular weight is 253 g/mol. The maximum absolute atomic E-state index is 10.4. The first-order valence-corrected chi connectivity index (χ1v) is 5.95. The maximum Gasteiger partial charge on any atom is 0.332 e. The summed E-state index contributed by atoms with van der Waals surface area (Å²) in [4.78, 5) is 10.4. The number of nitrogens with zero attached hydrogens (tertiary/aromatic N) is 1. The van der Waals surface area contributed by atoms with Gasteiger partial charge in [0.05, 0.1) is 6.21 Å². The maximum atomic E-state index is 10.4. The molecule has 0 spiro atoms. The minimum Gasteiger partial charge on any atom is -0.350 e. The van der Waals surface area contributed by atoms with Crippen LogP contribution in [0.25, 0.3) is 0 Å². The lowest BCUT2D eigenvalue weighted by molar-refractivity contribution is 0.249. The Morgan fingerprint density at radius 3 is 2.32 bits per heavy atom. The van der Waals surface area contributed by atoms with Gasteiger partial charge in [0.2, 0.25) is 0 Å². The molecule has 0 aliphatic rings. The molecule has 0 heterocycles. The SMILES string of the molecule is NC(=O)NN=Cc1ccc(Cc2ccccc2)cc1. The van der Waals surface area contributed by atoms with Crippen LogP contribution in [0.3, 0.4) is 0 Å². The third-order valence-electron chi connectivity index (χ3n) is 2.62. The van der Waals surface area contributed by atoms with Gasteiger partial charge in [-0.15, -0.1) is 0 Å². The van der Waals surface area contributed by atoms with Gasteiger partial charge in [0.15, 0.2) is 0 Å². The summed E-state index contributed by atoms with van der Waals surface area (Å²) in [5.41, 5.74) is 10.5. The van der Waals surface area contributed by atoms with Crippen molar-refractivity contribution in [1.29, 1.82) is 0 Å². The molecule has 0 aromatic heterocycles. The Kier molecular flexibility index (Phi) is 4.29. The molecule has 0 bridgehead atoms. The molecule has 2 aromatic rings. The zero-order valence-electron chi connectivity index (χ0n) is 10.4.